The van der Waals surface area contributed by atoms with Crippen molar-refractivity contribution in [1.29, 1.82) is 0 Å². The van der Waals surface area contributed by atoms with E-state index in [0.29, 0.717) is 5.69 Å². The van der Waals surface area contributed by atoms with E-state index in [2.05, 4.69) is 20.4 Å². The number of aromatic nitrogens is 1. The predicted octanol–water partition coefficient (Wildman–Crippen LogP) is 4.61. The molecule has 0 aliphatic rings. The molecule has 156 valence electrons. The third kappa shape index (κ3) is 6.01. The fourth-order valence-electron chi connectivity index (χ4n) is 2.36. The third-order valence-electron chi connectivity index (χ3n) is 3.61. The molecular formula is C19H13F4N3O3S. The topological polar surface area (TPSA) is 80.3 Å². The van der Waals surface area contributed by atoms with E-state index in [1.807, 2.05) is 0 Å². The molecule has 0 atom stereocenters. The van der Waals surface area contributed by atoms with Gasteiger partial charge in [-0.05, 0) is 36.4 Å². The number of hydrogen-bond donors (Lipinski definition) is 2. The summed E-state index contributed by atoms with van der Waals surface area (Å²) >= 11 is 1.06. The van der Waals surface area contributed by atoms with Gasteiger partial charge in [-0.25, -0.2) is 9.37 Å². The number of halogens is 4. The number of benzene rings is 2. The maximum atomic E-state index is 12.9. The highest BCUT2D eigenvalue weighted by molar-refractivity contribution is 7.14. The molecule has 3 aromatic rings. The van der Waals surface area contributed by atoms with Gasteiger partial charge in [-0.2, -0.15) is 0 Å². The van der Waals surface area contributed by atoms with Crippen molar-refractivity contribution >= 4 is 34.0 Å². The van der Waals surface area contributed by atoms with Crippen molar-refractivity contribution in [2.45, 2.75) is 12.8 Å². The van der Waals surface area contributed by atoms with Gasteiger partial charge in [0.05, 0.1) is 17.8 Å². The number of ether oxygens (including phenoxy) is 1. The number of nitrogens with one attached hydrogen (secondary N) is 2. The molecule has 0 aliphatic heterocycles. The summed E-state index contributed by atoms with van der Waals surface area (Å²) in [6, 6.07) is 10.1. The monoisotopic (exact) mass is 439 g/mol. The number of nitrogens with zero attached hydrogens (tertiary/aromatic N) is 1. The summed E-state index contributed by atoms with van der Waals surface area (Å²) in [5.74, 6) is -2.13. The molecule has 0 saturated heterocycles. The number of anilines is 2. The minimum Gasteiger partial charge on any atom is -0.404 e. The highest BCUT2D eigenvalue weighted by Gasteiger charge is 2.32. The summed E-state index contributed by atoms with van der Waals surface area (Å²) < 4.78 is 54.2. The van der Waals surface area contributed by atoms with Crippen molar-refractivity contribution in [3.63, 3.8) is 0 Å². The number of para-hydroxylation sites is 2. The number of alkyl halides is 3. The summed E-state index contributed by atoms with van der Waals surface area (Å²) in [5, 5.41) is 6.61. The zero-order chi connectivity index (χ0) is 21.7. The molecule has 0 radical (unpaired) electrons. The molecule has 2 N–H and O–H groups in total. The lowest BCUT2D eigenvalue weighted by molar-refractivity contribution is -0.274. The number of carbonyl (C=O) groups excluding carboxylic acids is 2. The van der Waals surface area contributed by atoms with Gasteiger partial charge in [-0.1, -0.05) is 12.1 Å². The van der Waals surface area contributed by atoms with Gasteiger partial charge in [0.25, 0.3) is 5.91 Å². The second-order valence-corrected chi connectivity index (χ2v) is 6.73. The summed E-state index contributed by atoms with van der Waals surface area (Å²) in [4.78, 5) is 28.4. The Morgan fingerprint density at radius 1 is 1.03 bits per heavy atom. The molecule has 11 heteroatoms. The molecule has 1 heterocycles. The van der Waals surface area contributed by atoms with Gasteiger partial charge in [0, 0.05) is 10.9 Å². The van der Waals surface area contributed by atoms with E-state index in [4.69, 9.17) is 0 Å². The highest BCUT2D eigenvalue weighted by atomic mass is 32.1. The molecule has 0 spiro atoms. The Kier molecular flexibility index (Phi) is 6.31. The first-order valence-corrected chi connectivity index (χ1v) is 9.23. The Hall–Kier alpha value is -3.47. The first-order chi connectivity index (χ1) is 14.2. The minimum atomic E-state index is -4.90. The third-order valence-corrected chi connectivity index (χ3v) is 4.41. The Morgan fingerprint density at radius 2 is 1.73 bits per heavy atom. The molecule has 2 aromatic carbocycles. The molecule has 0 saturated carbocycles. The lowest BCUT2D eigenvalue weighted by Crippen LogP contribution is -2.20. The van der Waals surface area contributed by atoms with E-state index in [1.165, 1.54) is 35.7 Å². The predicted molar refractivity (Wildman–Crippen MR) is 102 cm³/mol. The van der Waals surface area contributed by atoms with E-state index in [-0.39, 0.29) is 22.8 Å². The molecular weight excluding hydrogens is 426 g/mol. The van der Waals surface area contributed by atoms with Crippen molar-refractivity contribution < 1.29 is 31.9 Å². The average molecular weight is 439 g/mol. The normalized spacial score (nSPS) is 11.1. The molecule has 0 bridgehead atoms. The van der Waals surface area contributed by atoms with Crippen LogP contribution in [0, 0.1) is 5.82 Å². The van der Waals surface area contributed by atoms with Crippen LogP contribution in [0.25, 0.3) is 0 Å². The van der Waals surface area contributed by atoms with Gasteiger partial charge in [0.2, 0.25) is 5.91 Å². The van der Waals surface area contributed by atoms with Crippen LogP contribution in [0.1, 0.15) is 16.1 Å². The van der Waals surface area contributed by atoms with Crippen LogP contribution >= 0.6 is 11.3 Å². The first kappa shape index (κ1) is 21.2. The van der Waals surface area contributed by atoms with E-state index >= 15 is 0 Å². The molecule has 0 aliphatic carbocycles. The van der Waals surface area contributed by atoms with Crippen LogP contribution in [0.2, 0.25) is 0 Å². The van der Waals surface area contributed by atoms with E-state index in [1.54, 1.807) is 0 Å². The van der Waals surface area contributed by atoms with Gasteiger partial charge in [-0.3, -0.25) is 14.9 Å². The van der Waals surface area contributed by atoms with E-state index in [9.17, 15) is 27.2 Å². The Morgan fingerprint density at radius 3 is 2.43 bits per heavy atom. The van der Waals surface area contributed by atoms with Crippen molar-refractivity contribution in [3.05, 3.63) is 71.0 Å². The Balaban J connectivity index is 1.60. The van der Waals surface area contributed by atoms with E-state index in [0.717, 1.165) is 29.5 Å². The summed E-state index contributed by atoms with van der Waals surface area (Å²) in [6.07, 6.45) is -5.13. The zero-order valence-corrected chi connectivity index (χ0v) is 15.8. The summed E-state index contributed by atoms with van der Waals surface area (Å²) in [7, 11) is 0. The van der Waals surface area contributed by atoms with E-state index < -0.39 is 29.7 Å². The van der Waals surface area contributed by atoms with Crippen molar-refractivity contribution in [2.24, 2.45) is 0 Å². The molecule has 0 unspecified atom stereocenters. The quantitative estimate of drug-likeness (QED) is 0.550. The molecule has 0 fully saturated rings. The van der Waals surface area contributed by atoms with Gasteiger partial charge in [-0.15, -0.1) is 24.5 Å². The van der Waals surface area contributed by atoms with Crippen molar-refractivity contribution in [1.82, 2.24) is 4.98 Å². The van der Waals surface area contributed by atoms with Gasteiger partial charge in [0.15, 0.2) is 10.9 Å². The fourth-order valence-corrected chi connectivity index (χ4v) is 3.06. The molecule has 30 heavy (non-hydrogen) atoms. The van der Waals surface area contributed by atoms with Crippen molar-refractivity contribution in [2.75, 3.05) is 10.6 Å². The number of thiazole rings is 1. The van der Waals surface area contributed by atoms with Gasteiger partial charge < -0.3 is 10.1 Å². The van der Waals surface area contributed by atoms with Crippen LogP contribution in [0.5, 0.6) is 5.75 Å². The van der Waals surface area contributed by atoms with Crippen LogP contribution in [0.4, 0.5) is 28.4 Å². The maximum absolute atomic E-state index is 12.9. The van der Waals surface area contributed by atoms with Crippen LogP contribution in [-0.2, 0) is 11.2 Å². The van der Waals surface area contributed by atoms with Crippen molar-refractivity contribution in [3.8, 4) is 5.75 Å². The minimum absolute atomic E-state index is 0.139. The van der Waals surface area contributed by atoms with Crippen LogP contribution in [0.15, 0.2) is 53.9 Å². The van der Waals surface area contributed by atoms with Crippen LogP contribution < -0.4 is 15.4 Å². The molecule has 1 aromatic heterocycles. The fraction of sp³-hybridized carbons (Fsp3) is 0.105. The lowest BCUT2D eigenvalue weighted by atomic mass is 10.2. The number of amides is 2. The Bertz CT molecular complexity index is 1050. The average Bonchev–Trinajstić information content (AvgIpc) is 3.09. The SMILES string of the molecule is O=C(Cc1csc(NC(=O)c2ccc(F)cc2)n1)Nc1ccccc1OC(F)(F)F. The number of hydrogen-bond acceptors (Lipinski definition) is 5. The van der Waals surface area contributed by atoms with Gasteiger partial charge >= 0.3 is 6.36 Å². The smallest absolute Gasteiger partial charge is 0.404 e. The maximum Gasteiger partial charge on any atom is 0.573 e. The molecule has 3 rings (SSSR count). The largest absolute Gasteiger partial charge is 0.573 e. The number of rotatable bonds is 6. The standard InChI is InChI=1S/C19H13F4N3O3S/c20-12-7-5-11(6-8-12)17(28)26-18-24-13(10-30-18)9-16(27)25-14-3-1-2-4-15(14)29-19(21,22)23/h1-8,10H,9H2,(H,25,27)(H,24,26,28). The lowest BCUT2D eigenvalue weighted by Gasteiger charge is -2.13. The zero-order valence-electron chi connectivity index (χ0n) is 15.0. The first-order valence-electron chi connectivity index (χ1n) is 8.35. The van der Waals surface area contributed by atoms with Gasteiger partial charge in [0.1, 0.15) is 5.82 Å². The highest BCUT2D eigenvalue weighted by Crippen LogP contribution is 2.30. The Labute approximate surface area is 171 Å². The van der Waals surface area contributed by atoms with Crippen LogP contribution in [-0.4, -0.2) is 23.2 Å². The molecule has 2 amide bonds. The number of carbonyl (C=O) groups is 2. The summed E-state index contributed by atoms with van der Waals surface area (Å²) in [6.45, 7) is 0. The second kappa shape index (κ2) is 8.91. The molecule has 6 nitrogen and oxygen atoms in total. The van der Waals surface area contributed by atoms with Crippen LogP contribution in [0.3, 0.4) is 0 Å². The summed E-state index contributed by atoms with van der Waals surface area (Å²) in [5.41, 5.74) is 0.396. The second-order valence-electron chi connectivity index (χ2n) is 5.87.